The second kappa shape index (κ2) is 7.91. The molecule has 5 heteroatoms. The SMILES string of the molecule is Cc1cc(C)c(CN2CCCC(N3CCOCC3)C2)c(-n2cccn2)c1. The fourth-order valence-corrected chi connectivity index (χ4v) is 4.44. The van der Waals surface area contributed by atoms with Crippen molar-refractivity contribution in [2.45, 2.75) is 39.3 Å². The zero-order valence-electron chi connectivity index (χ0n) is 16.0. The Kier molecular flexibility index (Phi) is 5.38. The number of nitrogens with zero attached hydrogens (tertiary/aromatic N) is 4. The number of morpholine rings is 1. The normalized spacial score (nSPS) is 22.6. The third-order valence-electron chi connectivity index (χ3n) is 5.77. The molecule has 3 heterocycles. The van der Waals surface area contributed by atoms with Crippen molar-refractivity contribution in [2.75, 3.05) is 39.4 Å². The number of hydrogen-bond acceptors (Lipinski definition) is 4. The number of rotatable bonds is 4. The number of aryl methyl sites for hydroxylation is 2. The Hall–Kier alpha value is -1.69. The summed E-state index contributed by atoms with van der Waals surface area (Å²) < 4.78 is 7.54. The molecule has 1 aromatic heterocycles. The zero-order chi connectivity index (χ0) is 17.9. The van der Waals surface area contributed by atoms with Crippen molar-refractivity contribution in [3.05, 3.63) is 47.3 Å². The highest BCUT2D eigenvalue weighted by atomic mass is 16.5. The third kappa shape index (κ3) is 3.85. The molecule has 140 valence electrons. The predicted octanol–water partition coefficient (Wildman–Crippen LogP) is 2.79. The maximum Gasteiger partial charge on any atom is 0.0695 e. The average Bonchev–Trinajstić information content (AvgIpc) is 3.19. The number of benzene rings is 1. The summed E-state index contributed by atoms with van der Waals surface area (Å²) in [7, 11) is 0. The first-order valence-electron chi connectivity index (χ1n) is 9.85. The molecule has 2 aliphatic rings. The van der Waals surface area contributed by atoms with E-state index in [2.05, 4.69) is 40.9 Å². The highest BCUT2D eigenvalue weighted by Gasteiger charge is 2.27. The summed E-state index contributed by atoms with van der Waals surface area (Å²) in [5, 5.41) is 4.49. The van der Waals surface area contributed by atoms with Gasteiger partial charge in [0.1, 0.15) is 0 Å². The van der Waals surface area contributed by atoms with Crippen LogP contribution in [0.2, 0.25) is 0 Å². The average molecular weight is 354 g/mol. The molecule has 2 fully saturated rings. The first-order chi connectivity index (χ1) is 12.7. The number of hydrogen-bond donors (Lipinski definition) is 0. The Morgan fingerprint density at radius 2 is 2.00 bits per heavy atom. The summed E-state index contributed by atoms with van der Waals surface area (Å²) in [4.78, 5) is 5.26. The Labute approximate surface area is 156 Å². The summed E-state index contributed by atoms with van der Waals surface area (Å²) >= 11 is 0. The number of ether oxygens (including phenoxy) is 1. The van der Waals surface area contributed by atoms with E-state index >= 15 is 0 Å². The molecule has 0 spiro atoms. The smallest absolute Gasteiger partial charge is 0.0695 e. The van der Waals surface area contributed by atoms with Gasteiger partial charge in [-0.05, 0) is 62.1 Å². The van der Waals surface area contributed by atoms with E-state index in [1.165, 1.54) is 41.8 Å². The van der Waals surface area contributed by atoms with Crippen molar-refractivity contribution in [2.24, 2.45) is 0 Å². The van der Waals surface area contributed by atoms with Gasteiger partial charge in [0.05, 0.1) is 18.9 Å². The molecule has 0 aliphatic carbocycles. The standard InChI is InChI=1S/C21H30N4O/c1-17-13-18(2)20(21(14-17)25-8-4-6-22-25)16-23-7-3-5-19(15-23)24-9-11-26-12-10-24/h4,6,8,13-14,19H,3,5,7,9-12,15-16H2,1-2H3. The summed E-state index contributed by atoms with van der Waals surface area (Å²) in [5.41, 5.74) is 5.29. The van der Waals surface area contributed by atoms with Crippen molar-refractivity contribution in [3.8, 4) is 5.69 Å². The van der Waals surface area contributed by atoms with Gasteiger partial charge in [-0.2, -0.15) is 5.10 Å². The van der Waals surface area contributed by atoms with E-state index in [4.69, 9.17) is 4.74 Å². The Morgan fingerprint density at radius 1 is 1.15 bits per heavy atom. The molecular weight excluding hydrogens is 324 g/mol. The van der Waals surface area contributed by atoms with E-state index in [1.807, 2.05) is 23.1 Å². The van der Waals surface area contributed by atoms with Crippen LogP contribution in [-0.4, -0.2) is 65.0 Å². The first-order valence-corrected chi connectivity index (χ1v) is 9.85. The topological polar surface area (TPSA) is 33.5 Å². The molecule has 1 atom stereocenters. The predicted molar refractivity (Wildman–Crippen MR) is 104 cm³/mol. The molecule has 0 amide bonds. The van der Waals surface area contributed by atoms with Gasteiger partial charge in [-0.15, -0.1) is 0 Å². The largest absolute Gasteiger partial charge is 0.379 e. The minimum absolute atomic E-state index is 0.673. The van der Waals surface area contributed by atoms with Crippen LogP contribution in [0.4, 0.5) is 0 Å². The van der Waals surface area contributed by atoms with Crippen molar-refractivity contribution >= 4 is 0 Å². The summed E-state index contributed by atoms with van der Waals surface area (Å²) in [5.74, 6) is 0. The van der Waals surface area contributed by atoms with Gasteiger partial charge in [-0.25, -0.2) is 4.68 Å². The fraction of sp³-hybridized carbons (Fsp3) is 0.571. The molecule has 0 saturated carbocycles. The van der Waals surface area contributed by atoms with Gasteiger partial charge in [0.25, 0.3) is 0 Å². The molecule has 0 N–H and O–H groups in total. The summed E-state index contributed by atoms with van der Waals surface area (Å²) in [6.07, 6.45) is 6.50. The molecule has 1 unspecified atom stereocenters. The minimum atomic E-state index is 0.673. The maximum atomic E-state index is 5.53. The molecule has 26 heavy (non-hydrogen) atoms. The van der Waals surface area contributed by atoms with Crippen LogP contribution in [0.25, 0.3) is 5.69 Å². The number of piperidine rings is 1. The molecule has 2 saturated heterocycles. The van der Waals surface area contributed by atoms with Crippen LogP contribution in [0.3, 0.4) is 0 Å². The lowest BCUT2D eigenvalue weighted by Crippen LogP contribution is -2.51. The van der Waals surface area contributed by atoms with E-state index in [0.29, 0.717) is 6.04 Å². The lowest BCUT2D eigenvalue weighted by atomic mass is 9.99. The van der Waals surface area contributed by atoms with Crippen molar-refractivity contribution < 1.29 is 4.74 Å². The third-order valence-corrected chi connectivity index (χ3v) is 5.77. The molecule has 1 aromatic carbocycles. The zero-order valence-corrected chi connectivity index (χ0v) is 16.0. The minimum Gasteiger partial charge on any atom is -0.379 e. The van der Waals surface area contributed by atoms with Gasteiger partial charge in [0.2, 0.25) is 0 Å². The maximum absolute atomic E-state index is 5.53. The quantitative estimate of drug-likeness (QED) is 0.845. The van der Waals surface area contributed by atoms with Gasteiger partial charge in [0.15, 0.2) is 0 Å². The van der Waals surface area contributed by atoms with E-state index in [1.54, 1.807) is 0 Å². The van der Waals surface area contributed by atoms with Crippen molar-refractivity contribution in [1.29, 1.82) is 0 Å². The Morgan fingerprint density at radius 3 is 2.77 bits per heavy atom. The van der Waals surface area contributed by atoms with Crippen LogP contribution >= 0.6 is 0 Å². The van der Waals surface area contributed by atoms with E-state index in [9.17, 15) is 0 Å². The van der Waals surface area contributed by atoms with Gasteiger partial charge in [-0.3, -0.25) is 9.80 Å². The van der Waals surface area contributed by atoms with Gasteiger partial charge in [-0.1, -0.05) is 6.07 Å². The Balaban J connectivity index is 1.53. The van der Waals surface area contributed by atoms with E-state index in [0.717, 1.165) is 39.4 Å². The molecule has 5 nitrogen and oxygen atoms in total. The highest BCUT2D eigenvalue weighted by molar-refractivity contribution is 5.48. The van der Waals surface area contributed by atoms with Gasteiger partial charge < -0.3 is 4.74 Å². The second-order valence-electron chi connectivity index (χ2n) is 7.71. The van der Waals surface area contributed by atoms with Crippen LogP contribution in [-0.2, 0) is 11.3 Å². The van der Waals surface area contributed by atoms with Gasteiger partial charge in [0, 0.05) is 44.6 Å². The molecule has 0 bridgehead atoms. The summed E-state index contributed by atoms with van der Waals surface area (Å²) in [6.45, 7) is 11.7. The molecule has 2 aromatic rings. The fourth-order valence-electron chi connectivity index (χ4n) is 4.44. The second-order valence-corrected chi connectivity index (χ2v) is 7.71. The number of likely N-dealkylation sites (tertiary alicyclic amines) is 1. The number of aromatic nitrogens is 2. The molecule has 0 radical (unpaired) electrons. The molecule has 2 aliphatic heterocycles. The lowest BCUT2D eigenvalue weighted by molar-refractivity contribution is -0.00360. The van der Waals surface area contributed by atoms with Crippen LogP contribution in [0.15, 0.2) is 30.6 Å². The monoisotopic (exact) mass is 354 g/mol. The summed E-state index contributed by atoms with van der Waals surface area (Å²) in [6, 6.07) is 7.23. The van der Waals surface area contributed by atoms with Crippen molar-refractivity contribution in [3.63, 3.8) is 0 Å². The first kappa shape index (κ1) is 17.7. The molecular formula is C21H30N4O. The van der Waals surface area contributed by atoms with Crippen LogP contribution in [0.1, 0.15) is 29.5 Å². The highest BCUT2D eigenvalue weighted by Crippen LogP contribution is 2.25. The van der Waals surface area contributed by atoms with Crippen LogP contribution < -0.4 is 0 Å². The van der Waals surface area contributed by atoms with Crippen molar-refractivity contribution in [1.82, 2.24) is 19.6 Å². The van der Waals surface area contributed by atoms with E-state index < -0.39 is 0 Å². The van der Waals surface area contributed by atoms with Gasteiger partial charge >= 0.3 is 0 Å². The lowest BCUT2D eigenvalue weighted by Gasteiger charge is -2.41. The van der Waals surface area contributed by atoms with E-state index in [-0.39, 0.29) is 0 Å². The molecule has 4 rings (SSSR count). The van der Waals surface area contributed by atoms with Crippen LogP contribution in [0, 0.1) is 13.8 Å². The Bertz CT molecular complexity index is 722. The van der Waals surface area contributed by atoms with Crippen LogP contribution in [0.5, 0.6) is 0 Å².